The van der Waals surface area contributed by atoms with Crippen LogP contribution in [0.15, 0.2) is 0 Å². The molecule has 4 nitrogen and oxygen atoms in total. The van der Waals surface area contributed by atoms with Crippen molar-refractivity contribution in [2.75, 3.05) is 0 Å². The molecule has 0 saturated heterocycles. The molecule has 3 N–H and O–H groups in total. The molecule has 86 valence electrons. The topological polar surface area (TPSA) is 64.3 Å². The van der Waals surface area contributed by atoms with Gasteiger partial charge in [-0.1, -0.05) is 12.8 Å². The van der Waals surface area contributed by atoms with E-state index in [0.29, 0.717) is 6.04 Å². The molecule has 1 amide bonds. The molecule has 0 radical (unpaired) electrons. The highest BCUT2D eigenvalue weighted by Gasteiger charge is 2.28. The van der Waals surface area contributed by atoms with Gasteiger partial charge in [-0.25, -0.2) is 4.79 Å². The summed E-state index contributed by atoms with van der Waals surface area (Å²) in [6.45, 7) is 0. The first-order chi connectivity index (χ1) is 7.25. The number of carbonyl (C=O) groups is 1. The average molecular weight is 212 g/mol. The number of amides is 1. The van der Waals surface area contributed by atoms with Crippen LogP contribution in [0.1, 0.15) is 44.9 Å². The van der Waals surface area contributed by atoms with Crippen LogP contribution in [0.25, 0.3) is 0 Å². The third kappa shape index (κ3) is 3.38. The Bertz CT molecular complexity index is 229. The number of ether oxygens (including phenoxy) is 1. The van der Waals surface area contributed by atoms with Crippen molar-refractivity contribution in [1.82, 2.24) is 5.32 Å². The molecule has 15 heavy (non-hydrogen) atoms. The van der Waals surface area contributed by atoms with E-state index in [-0.39, 0.29) is 18.2 Å². The van der Waals surface area contributed by atoms with E-state index in [4.69, 9.17) is 10.5 Å². The molecule has 2 aliphatic rings. The largest absolute Gasteiger partial charge is 0.445 e. The van der Waals surface area contributed by atoms with Crippen molar-refractivity contribution < 1.29 is 9.53 Å². The molecule has 2 atom stereocenters. The highest BCUT2D eigenvalue weighted by molar-refractivity contribution is 5.68. The number of rotatable bonds is 2. The van der Waals surface area contributed by atoms with Gasteiger partial charge in [0, 0.05) is 12.1 Å². The molecule has 2 aliphatic carbocycles. The Kier molecular flexibility index (Phi) is 3.46. The van der Waals surface area contributed by atoms with Crippen LogP contribution in [0, 0.1) is 0 Å². The van der Waals surface area contributed by atoms with Crippen LogP contribution >= 0.6 is 0 Å². The molecular weight excluding hydrogens is 192 g/mol. The highest BCUT2D eigenvalue weighted by atomic mass is 16.6. The van der Waals surface area contributed by atoms with Gasteiger partial charge in [-0.15, -0.1) is 0 Å². The molecule has 2 rings (SSSR count). The molecule has 4 heteroatoms. The molecule has 0 aliphatic heterocycles. The van der Waals surface area contributed by atoms with Crippen LogP contribution < -0.4 is 11.1 Å². The van der Waals surface area contributed by atoms with Crippen LogP contribution in [-0.4, -0.2) is 24.3 Å². The minimum absolute atomic E-state index is 0.0254. The zero-order valence-corrected chi connectivity index (χ0v) is 9.08. The fourth-order valence-electron chi connectivity index (χ4n) is 2.01. The minimum atomic E-state index is -0.278. The number of alkyl carbamates (subject to hydrolysis) is 1. The van der Waals surface area contributed by atoms with Crippen molar-refractivity contribution in [3.05, 3.63) is 0 Å². The highest BCUT2D eigenvalue weighted by Crippen LogP contribution is 2.21. The van der Waals surface area contributed by atoms with E-state index >= 15 is 0 Å². The molecule has 2 fully saturated rings. The summed E-state index contributed by atoms with van der Waals surface area (Å²) in [5.41, 5.74) is 5.97. The molecule has 0 heterocycles. The second-order valence-corrected chi connectivity index (χ2v) is 4.66. The summed E-state index contributed by atoms with van der Waals surface area (Å²) >= 11 is 0. The van der Waals surface area contributed by atoms with Gasteiger partial charge < -0.3 is 15.8 Å². The van der Waals surface area contributed by atoms with Gasteiger partial charge in [0.05, 0.1) is 0 Å². The van der Waals surface area contributed by atoms with Crippen molar-refractivity contribution in [1.29, 1.82) is 0 Å². The van der Waals surface area contributed by atoms with Gasteiger partial charge in [-0.3, -0.25) is 0 Å². The normalized spacial score (nSPS) is 31.8. The Labute approximate surface area is 90.5 Å². The number of nitrogens with one attached hydrogen (secondary N) is 1. The average Bonchev–Trinajstić information content (AvgIpc) is 2.98. The molecule has 0 aromatic rings. The number of nitrogens with two attached hydrogens (primary N) is 1. The van der Waals surface area contributed by atoms with Crippen molar-refractivity contribution in [3.63, 3.8) is 0 Å². The smallest absolute Gasteiger partial charge is 0.407 e. The van der Waals surface area contributed by atoms with E-state index in [0.717, 1.165) is 38.5 Å². The van der Waals surface area contributed by atoms with Gasteiger partial charge in [0.25, 0.3) is 0 Å². The summed E-state index contributed by atoms with van der Waals surface area (Å²) < 4.78 is 5.36. The lowest BCUT2D eigenvalue weighted by Gasteiger charge is -2.21. The monoisotopic (exact) mass is 212 g/mol. The van der Waals surface area contributed by atoms with Gasteiger partial charge >= 0.3 is 6.09 Å². The zero-order valence-electron chi connectivity index (χ0n) is 9.08. The Balaban J connectivity index is 1.76. The Morgan fingerprint density at radius 1 is 1.13 bits per heavy atom. The summed E-state index contributed by atoms with van der Waals surface area (Å²) in [6, 6.07) is 0.386. The van der Waals surface area contributed by atoms with E-state index in [9.17, 15) is 4.79 Å². The van der Waals surface area contributed by atoms with Crippen LogP contribution in [-0.2, 0) is 4.74 Å². The lowest BCUT2D eigenvalue weighted by atomic mass is 10.1. The predicted molar refractivity (Wildman–Crippen MR) is 57.5 cm³/mol. The maximum absolute atomic E-state index is 11.4. The van der Waals surface area contributed by atoms with Crippen LogP contribution in [0.2, 0.25) is 0 Å². The molecule has 0 aromatic carbocycles. The Morgan fingerprint density at radius 2 is 1.87 bits per heavy atom. The third-order valence-corrected chi connectivity index (χ3v) is 3.16. The maximum Gasteiger partial charge on any atom is 0.407 e. The number of carbonyl (C=O) groups excluding carboxylic acids is 1. The second kappa shape index (κ2) is 4.84. The zero-order chi connectivity index (χ0) is 10.7. The summed E-state index contributed by atoms with van der Waals surface area (Å²) in [7, 11) is 0. The molecule has 0 spiro atoms. The Morgan fingerprint density at radius 3 is 2.60 bits per heavy atom. The quantitative estimate of drug-likeness (QED) is 0.682. The summed E-state index contributed by atoms with van der Waals surface area (Å²) in [4.78, 5) is 11.4. The van der Waals surface area contributed by atoms with Crippen molar-refractivity contribution in [2.24, 2.45) is 5.73 Å². The molecular formula is C11H20N2O2. The fourth-order valence-corrected chi connectivity index (χ4v) is 2.01. The molecule has 0 bridgehead atoms. The Hall–Kier alpha value is -0.770. The van der Waals surface area contributed by atoms with E-state index in [1.165, 1.54) is 6.42 Å². The van der Waals surface area contributed by atoms with Gasteiger partial charge in [-0.2, -0.15) is 0 Å². The maximum atomic E-state index is 11.4. The summed E-state index contributed by atoms with van der Waals surface area (Å²) in [5, 5.41) is 2.83. The van der Waals surface area contributed by atoms with Crippen molar-refractivity contribution in [2.45, 2.75) is 63.1 Å². The SMILES string of the molecule is NC1CCCCCC1OC(=O)NC1CC1. The molecule has 2 saturated carbocycles. The van der Waals surface area contributed by atoms with Crippen molar-refractivity contribution in [3.8, 4) is 0 Å². The molecule has 2 unspecified atom stereocenters. The van der Waals surface area contributed by atoms with Gasteiger partial charge in [0.1, 0.15) is 6.10 Å². The van der Waals surface area contributed by atoms with E-state index < -0.39 is 0 Å². The summed E-state index contributed by atoms with van der Waals surface area (Å²) in [6.07, 6.45) is 7.20. The van der Waals surface area contributed by atoms with Crippen LogP contribution in [0.3, 0.4) is 0 Å². The third-order valence-electron chi connectivity index (χ3n) is 3.16. The minimum Gasteiger partial charge on any atom is -0.445 e. The van der Waals surface area contributed by atoms with E-state index in [2.05, 4.69) is 5.32 Å². The van der Waals surface area contributed by atoms with E-state index in [1.807, 2.05) is 0 Å². The van der Waals surface area contributed by atoms with E-state index in [1.54, 1.807) is 0 Å². The first-order valence-corrected chi connectivity index (χ1v) is 5.98. The fraction of sp³-hybridized carbons (Fsp3) is 0.909. The standard InChI is InChI=1S/C11H20N2O2/c12-9-4-2-1-3-5-10(9)15-11(14)13-8-6-7-8/h8-10H,1-7,12H2,(H,13,14). The molecule has 0 aromatic heterocycles. The first-order valence-electron chi connectivity index (χ1n) is 5.98. The second-order valence-electron chi connectivity index (χ2n) is 4.66. The number of hydrogen-bond acceptors (Lipinski definition) is 3. The van der Waals surface area contributed by atoms with Crippen LogP contribution in [0.5, 0.6) is 0 Å². The van der Waals surface area contributed by atoms with Crippen molar-refractivity contribution >= 4 is 6.09 Å². The lowest BCUT2D eigenvalue weighted by molar-refractivity contribution is 0.0779. The van der Waals surface area contributed by atoms with Gasteiger partial charge in [0.15, 0.2) is 0 Å². The number of hydrogen-bond donors (Lipinski definition) is 2. The lowest BCUT2D eigenvalue weighted by Crippen LogP contribution is -2.40. The summed E-state index contributed by atoms with van der Waals surface area (Å²) in [5.74, 6) is 0. The first kappa shape index (κ1) is 10.7. The van der Waals surface area contributed by atoms with Gasteiger partial charge in [0.2, 0.25) is 0 Å². The van der Waals surface area contributed by atoms with Crippen LogP contribution in [0.4, 0.5) is 4.79 Å². The van der Waals surface area contributed by atoms with Gasteiger partial charge in [-0.05, 0) is 32.1 Å². The predicted octanol–water partition coefficient (Wildman–Crippen LogP) is 1.53.